The molecule has 1 heterocycles. The first-order chi connectivity index (χ1) is 7.19. The van der Waals surface area contributed by atoms with Crippen LogP contribution in [0.2, 0.25) is 0 Å². The van der Waals surface area contributed by atoms with Gasteiger partial charge in [-0.2, -0.15) is 0 Å². The van der Waals surface area contributed by atoms with E-state index in [1.165, 1.54) is 6.42 Å². The first kappa shape index (κ1) is 12.7. The summed E-state index contributed by atoms with van der Waals surface area (Å²) in [4.78, 5) is 12.0. The Morgan fingerprint density at radius 2 is 2.20 bits per heavy atom. The number of hydrogen-bond donors (Lipinski definition) is 0. The van der Waals surface area contributed by atoms with E-state index in [1.807, 2.05) is 0 Å². The van der Waals surface area contributed by atoms with Crippen molar-refractivity contribution in [1.29, 1.82) is 0 Å². The van der Waals surface area contributed by atoms with Gasteiger partial charge in [-0.05, 0) is 18.8 Å². The van der Waals surface area contributed by atoms with Crippen molar-refractivity contribution >= 4 is 5.78 Å². The molecule has 15 heavy (non-hydrogen) atoms. The quantitative estimate of drug-likeness (QED) is 0.676. The first-order valence-electron chi connectivity index (χ1n) is 6.33. The lowest BCUT2D eigenvalue weighted by molar-refractivity contribution is -0.125. The molecule has 1 fully saturated rings. The standard InChI is InChI=1S/C13H24O2/c1-4-6-10(3)9-12(14)11-7-8-15-13(11)5-2/h10-11,13H,4-9H2,1-3H3. The molecule has 0 spiro atoms. The molecule has 1 rings (SSSR count). The third kappa shape index (κ3) is 3.60. The van der Waals surface area contributed by atoms with Gasteiger partial charge in [-0.1, -0.05) is 33.6 Å². The van der Waals surface area contributed by atoms with Gasteiger partial charge in [0.25, 0.3) is 0 Å². The fraction of sp³-hybridized carbons (Fsp3) is 0.923. The van der Waals surface area contributed by atoms with Crippen molar-refractivity contribution in [2.24, 2.45) is 11.8 Å². The predicted molar refractivity (Wildman–Crippen MR) is 61.8 cm³/mol. The lowest BCUT2D eigenvalue weighted by atomic mass is 9.88. The summed E-state index contributed by atoms with van der Waals surface area (Å²) in [5.41, 5.74) is 0. The van der Waals surface area contributed by atoms with Crippen LogP contribution in [0.1, 0.15) is 52.9 Å². The Labute approximate surface area is 93.4 Å². The third-order valence-electron chi connectivity index (χ3n) is 3.36. The van der Waals surface area contributed by atoms with Crippen LogP contribution < -0.4 is 0 Å². The molecule has 2 heteroatoms. The second kappa shape index (κ2) is 6.26. The lowest BCUT2D eigenvalue weighted by Crippen LogP contribution is -2.25. The number of rotatable bonds is 6. The summed E-state index contributed by atoms with van der Waals surface area (Å²) in [6, 6.07) is 0. The van der Waals surface area contributed by atoms with E-state index in [0.29, 0.717) is 11.7 Å². The fourth-order valence-electron chi connectivity index (χ4n) is 2.51. The minimum Gasteiger partial charge on any atom is -0.377 e. The van der Waals surface area contributed by atoms with Crippen LogP contribution in [-0.4, -0.2) is 18.5 Å². The van der Waals surface area contributed by atoms with Gasteiger partial charge in [0.15, 0.2) is 0 Å². The molecule has 0 radical (unpaired) electrons. The molecule has 3 atom stereocenters. The Hall–Kier alpha value is -0.370. The minimum atomic E-state index is 0.189. The van der Waals surface area contributed by atoms with Crippen LogP contribution in [0.4, 0.5) is 0 Å². The molecule has 0 aromatic heterocycles. The molecule has 1 aliphatic rings. The zero-order valence-corrected chi connectivity index (χ0v) is 10.3. The summed E-state index contributed by atoms with van der Waals surface area (Å²) in [5.74, 6) is 1.16. The smallest absolute Gasteiger partial charge is 0.138 e. The number of carbonyl (C=O) groups is 1. The number of Topliss-reactive ketones (excluding diaryl/α,β-unsaturated/α-hetero) is 1. The molecule has 88 valence electrons. The highest BCUT2D eigenvalue weighted by atomic mass is 16.5. The van der Waals surface area contributed by atoms with E-state index >= 15 is 0 Å². The number of ether oxygens (including phenoxy) is 1. The molecule has 0 aromatic rings. The molecule has 1 saturated heterocycles. The van der Waals surface area contributed by atoms with Gasteiger partial charge in [-0.15, -0.1) is 0 Å². The minimum absolute atomic E-state index is 0.189. The van der Waals surface area contributed by atoms with Gasteiger partial charge in [-0.25, -0.2) is 0 Å². The molecule has 0 aliphatic carbocycles. The third-order valence-corrected chi connectivity index (χ3v) is 3.36. The number of ketones is 1. The van der Waals surface area contributed by atoms with Crippen molar-refractivity contribution in [2.45, 2.75) is 59.0 Å². The molecule has 0 amide bonds. The van der Waals surface area contributed by atoms with E-state index in [1.54, 1.807) is 0 Å². The molecule has 0 bridgehead atoms. The van der Waals surface area contributed by atoms with Crippen LogP contribution >= 0.6 is 0 Å². The second-order valence-corrected chi connectivity index (χ2v) is 4.78. The summed E-state index contributed by atoms with van der Waals surface area (Å²) in [7, 11) is 0. The normalized spacial score (nSPS) is 27.9. The average molecular weight is 212 g/mol. The summed E-state index contributed by atoms with van der Waals surface area (Å²) in [6.07, 6.45) is 5.20. The topological polar surface area (TPSA) is 26.3 Å². The van der Waals surface area contributed by atoms with Gasteiger partial charge in [0.05, 0.1) is 6.10 Å². The molecule has 0 saturated carbocycles. The van der Waals surface area contributed by atoms with E-state index in [0.717, 1.165) is 32.3 Å². The van der Waals surface area contributed by atoms with E-state index in [9.17, 15) is 4.79 Å². The van der Waals surface area contributed by atoms with E-state index in [4.69, 9.17) is 4.74 Å². The largest absolute Gasteiger partial charge is 0.377 e. The number of carbonyl (C=O) groups excluding carboxylic acids is 1. The summed E-state index contributed by atoms with van der Waals surface area (Å²) >= 11 is 0. The first-order valence-corrected chi connectivity index (χ1v) is 6.33. The lowest BCUT2D eigenvalue weighted by Gasteiger charge is -2.17. The van der Waals surface area contributed by atoms with Gasteiger partial charge in [-0.3, -0.25) is 4.79 Å². The maximum Gasteiger partial charge on any atom is 0.138 e. The predicted octanol–water partition coefficient (Wildman–Crippen LogP) is 3.20. The van der Waals surface area contributed by atoms with Gasteiger partial charge in [0.2, 0.25) is 0 Å². The zero-order chi connectivity index (χ0) is 11.3. The van der Waals surface area contributed by atoms with Crippen molar-refractivity contribution in [1.82, 2.24) is 0 Å². The summed E-state index contributed by atoms with van der Waals surface area (Å²) in [6.45, 7) is 7.23. The SMILES string of the molecule is CCCC(C)CC(=O)C1CCOC1CC. The van der Waals surface area contributed by atoms with Crippen molar-refractivity contribution in [3.05, 3.63) is 0 Å². The average Bonchev–Trinajstić information content (AvgIpc) is 2.65. The van der Waals surface area contributed by atoms with Crippen LogP contribution in [0.15, 0.2) is 0 Å². The molecule has 0 aromatic carbocycles. The van der Waals surface area contributed by atoms with Gasteiger partial charge < -0.3 is 4.74 Å². The van der Waals surface area contributed by atoms with Gasteiger partial charge in [0.1, 0.15) is 5.78 Å². The molecule has 3 unspecified atom stereocenters. The Bertz CT molecular complexity index is 201. The van der Waals surface area contributed by atoms with Crippen LogP contribution in [-0.2, 0) is 9.53 Å². The maximum atomic E-state index is 12.0. The molecular formula is C13H24O2. The van der Waals surface area contributed by atoms with Gasteiger partial charge in [0, 0.05) is 18.9 Å². The van der Waals surface area contributed by atoms with E-state index in [2.05, 4.69) is 20.8 Å². The van der Waals surface area contributed by atoms with Crippen LogP contribution in [0.25, 0.3) is 0 Å². The van der Waals surface area contributed by atoms with Crippen LogP contribution in [0.3, 0.4) is 0 Å². The van der Waals surface area contributed by atoms with Crippen molar-refractivity contribution in [3.63, 3.8) is 0 Å². The van der Waals surface area contributed by atoms with Crippen LogP contribution in [0.5, 0.6) is 0 Å². The maximum absolute atomic E-state index is 12.0. The highest BCUT2D eigenvalue weighted by Crippen LogP contribution is 2.27. The van der Waals surface area contributed by atoms with Crippen molar-refractivity contribution in [3.8, 4) is 0 Å². The summed E-state index contributed by atoms with van der Waals surface area (Å²) < 4.78 is 5.56. The highest BCUT2D eigenvalue weighted by molar-refractivity contribution is 5.82. The second-order valence-electron chi connectivity index (χ2n) is 4.78. The number of hydrogen-bond acceptors (Lipinski definition) is 2. The summed E-state index contributed by atoms with van der Waals surface area (Å²) in [5, 5.41) is 0. The van der Waals surface area contributed by atoms with Crippen molar-refractivity contribution < 1.29 is 9.53 Å². The van der Waals surface area contributed by atoms with Gasteiger partial charge >= 0.3 is 0 Å². The van der Waals surface area contributed by atoms with Crippen molar-refractivity contribution in [2.75, 3.05) is 6.61 Å². The Kier molecular flexibility index (Phi) is 5.30. The Balaban J connectivity index is 2.38. The molecule has 1 aliphatic heterocycles. The highest BCUT2D eigenvalue weighted by Gasteiger charge is 2.32. The Morgan fingerprint density at radius 3 is 2.80 bits per heavy atom. The van der Waals surface area contributed by atoms with E-state index < -0.39 is 0 Å². The van der Waals surface area contributed by atoms with E-state index in [-0.39, 0.29) is 12.0 Å². The monoisotopic (exact) mass is 212 g/mol. The molecule has 0 N–H and O–H groups in total. The molecule has 2 nitrogen and oxygen atoms in total. The fourth-order valence-corrected chi connectivity index (χ4v) is 2.51. The molecular weight excluding hydrogens is 188 g/mol. The Morgan fingerprint density at radius 1 is 1.47 bits per heavy atom. The van der Waals surface area contributed by atoms with Crippen LogP contribution in [0, 0.1) is 11.8 Å². The zero-order valence-electron chi connectivity index (χ0n) is 10.3.